The van der Waals surface area contributed by atoms with Gasteiger partial charge in [-0.15, -0.1) is 0 Å². The molecule has 17 heavy (non-hydrogen) atoms. The van der Waals surface area contributed by atoms with Gasteiger partial charge in [0.05, 0.1) is 11.5 Å². The highest BCUT2D eigenvalue weighted by Crippen LogP contribution is 2.28. The predicted molar refractivity (Wildman–Crippen MR) is 69.6 cm³/mol. The van der Waals surface area contributed by atoms with Crippen molar-refractivity contribution in [1.29, 1.82) is 0 Å². The standard InChI is InChI=1S/C12H24N2O2S/c1-9-10(2)14(6-3-12(9)13)11-4-7-17(15,16)8-5-11/h9-12H,3-8,13H2,1-2H3. The Balaban J connectivity index is 1.99. The molecule has 0 aromatic carbocycles. The number of likely N-dealkylation sites (tertiary alicyclic amines) is 1. The van der Waals surface area contributed by atoms with Crippen LogP contribution in [0.4, 0.5) is 0 Å². The van der Waals surface area contributed by atoms with Crippen molar-refractivity contribution in [2.75, 3.05) is 18.1 Å². The van der Waals surface area contributed by atoms with E-state index < -0.39 is 9.84 Å². The van der Waals surface area contributed by atoms with Gasteiger partial charge in [-0.3, -0.25) is 4.90 Å². The van der Waals surface area contributed by atoms with Crippen molar-refractivity contribution >= 4 is 9.84 Å². The maximum atomic E-state index is 11.4. The SMILES string of the molecule is CC1C(N)CCN(C2CCS(=O)(=O)CC2)C1C. The van der Waals surface area contributed by atoms with E-state index in [9.17, 15) is 8.42 Å². The summed E-state index contributed by atoms with van der Waals surface area (Å²) in [4.78, 5) is 2.49. The van der Waals surface area contributed by atoms with E-state index in [1.165, 1.54) is 0 Å². The van der Waals surface area contributed by atoms with Crippen LogP contribution in [0.3, 0.4) is 0 Å². The van der Waals surface area contributed by atoms with Gasteiger partial charge in [-0.1, -0.05) is 6.92 Å². The van der Waals surface area contributed by atoms with Gasteiger partial charge in [-0.2, -0.15) is 0 Å². The summed E-state index contributed by atoms with van der Waals surface area (Å²) in [6, 6.07) is 1.22. The summed E-state index contributed by atoms with van der Waals surface area (Å²) in [5.74, 6) is 1.23. The molecule has 0 aliphatic carbocycles. The Labute approximate surface area is 104 Å². The lowest BCUT2D eigenvalue weighted by Gasteiger charge is -2.46. The second-order valence-electron chi connectivity index (χ2n) is 5.67. The highest BCUT2D eigenvalue weighted by atomic mass is 32.2. The fourth-order valence-corrected chi connectivity index (χ4v) is 4.62. The first-order valence-electron chi connectivity index (χ1n) is 6.62. The number of nitrogens with zero attached hydrogens (tertiary/aromatic N) is 1. The molecule has 2 rings (SSSR count). The topological polar surface area (TPSA) is 63.4 Å². The van der Waals surface area contributed by atoms with Gasteiger partial charge in [0.15, 0.2) is 0 Å². The number of hydrogen-bond donors (Lipinski definition) is 1. The van der Waals surface area contributed by atoms with Crippen LogP contribution in [0.1, 0.15) is 33.1 Å². The smallest absolute Gasteiger partial charge is 0.150 e. The van der Waals surface area contributed by atoms with Gasteiger partial charge in [0, 0.05) is 24.7 Å². The Hall–Kier alpha value is -0.130. The van der Waals surface area contributed by atoms with Crippen molar-refractivity contribution in [3.05, 3.63) is 0 Å². The maximum Gasteiger partial charge on any atom is 0.150 e. The lowest BCUT2D eigenvalue weighted by Crippen LogP contribution is -2.56. The van der Waals surface area contributed by atoms with Crippen LogP contribution < -0.4 is 5.73 Å². The summed E-state index contributed by atoms with van der Waals surface area (Å²) >= 11 is 0. The normalized spacial score (nSPS) is 40.3. The third kappa shape index (κ3) is 2.83. The zero-order chi connectivity index (χ0) is 12.6. The molecule has 0 radical (unpaired) electrons. The van der Waals surface area contributed by atoms with E-state index in [1.54, 1.807) is 0 Å². The molecule has 0 amide bonds. The Morgan fingerprint density at radius 1 is 1.12 bits per heavy atom. The Morgan fingerprint density at radius 3 is 2.29 bits per heavy atom. The van der Waals surface area contributed by atoms with Gasteiger partial charge in [-0.05, 0) is 32.1 Å². The van der Waals surface area contributed by atoms with Gasteiger partial charge in [-0.25, -0.2) is 8.42 Å². The molecule has 0 aromatic heterocycles. The molecular weight excluding hydrogens is 236 g/mol. The van der Waals surface area contributed by atoms with Gasteiger partial charge < -0.3 is 5.73 Å². The number of rotatable bonds is 1. The fraction of sp³-hybridized carbons (Fsp3) is 1.00. The number of sulfone groups is 1. The van der Waals surface area contributed by atoms with Crippen molar-refractivity contribution in [2.24, 2.45) is 11.7 Å². The van der Waals surface area contributed by atoms with Gasteiger partial charge in [0.25, 0.3) is 0 Å². The molecule has 0 aromatic rings. The third-order valence-corrected chi connectivity index (χ3v) is 6.39. The molecule has 2 N–H and O–H groups in total. The van der Waals surface area contributed by atoms with E-state index in [4.69, 9.17) is 5.73 Å². The number of piperidine rings is 1. The molecule has 0 bridgehead atoms. The molecule has 2 aliphatic heterocycles. The first-order valence-corrected chi connectivity index (χ1v) is 8.44. The molecule has 2 heterocycles. The molecule has 2 aliphatic rings. The Kier molecular flexibility index (Phi) is 3.80. The molecule has 4 nitrogen and oxygen atoms in total. The van der Waals surface area contributed by atoms with E-state index in [0.717, 1.165) is 25.8 Å². The van der Waals surface area contributed by atoms with Crippen molar-refractivity contribution in [3.63, 3.8) is 0 Å². The van der Waals surface area contributed by atoms with Crippen LogP contribution in [-0.4, -0.2) is 49.5 Å². The fourth-order valence-electron chi connectivity index (χ4n) is 3.15. The van der Waals surface area contributed by atoms with E-state index in [-0.39, 0.29) is 0 Å². The van der Waals surface area contributed by atoms with Crippen LogP contribution in [0.25, 0.3) is 0 Å². The zero-order valence-electron chi connectivity index (χ0n) is 10.8. The van der Waals surface area contributed by atoms with E-state index >= 15 is 0 Å². The lowest BCUT2D eigenvalue weighted by molar-refractivity contribution is 0.0519. The summed E-state index contributed by atoms with van der Waals surface area (Å²) < 4.78 is 22.9. The molecule has 2 saturated heterocycles. The second kappa shape index (κ2) is 4.86. The molecule has 3 atom stereocenters. The van der Waals surface area contributed by atoms with Crippen LogP contribution in [-0.2, 0) is 9.84 Å². The first kappa shape index (κ1) is 13.3. The summed E-state index contributed by atoms with van der Waals surface area (Å²) in [5, 5.41) is 0. The summed E-state index contributed by atoms with van der Waals surface area (Å²) in [7, 11) is -2.75. The maximum absolute atomic E-state index is 11.4. The minimum absolute atomic E-state index is 0.300. The zero-order valence-corrected chi connectivity index (χ0v) is 11.6. The minimum Gasteiger partial charge on any atom is -0.327 e. The molecule has 5 heteroatoms. The lowest BCUT2D eigenvalue weighted by atomic mass is 9.86. The molecule has 2 fully saturated rings. The van der Waals surface area contributed by atoms with Crippen LogP contribution in [0.15, 0.2) is 0 Å². The third-order valence-electron chi connectivity index (χ3n) is 4.67. The van der Waals surface area contributed by atoms with Gasteiger partial charge in [0.1, 0.15) is 9.84 Å². The average Bonchev–Trinajstić information content (AvgIpc) is 2.27. The monoisotopic (exact) mass is 260 g/mol. The number of hydrogen-bond acceptors (Lipinski definition) is 4. The summed E-state index contributed by atoms with van der Waals surface area (Å²) in [6.45, 7) is 5.46. The molecule has 100 valence electrons. The molecule has 3 unspecified atom stereocenters. The van der Waals surface area contributed by atoms with Crippen LogP contribution in [0.2, 0.25) is 0 Å². The van der Waals surface area contributed by atoms with Gasteiger partial charge in [0.2, 0.25) is 0 Å². The van der Waals surface area contributed by atoms with Crippen molar-refractivity contribution in [3.8, 4) is 0 Å². The van der Waals surface area contributed by atoms with Crippen LogP contribution in [0, 0.1) is 5.92 Å². The van der Waals surface area contributed by atoms with Crippen molar-refractivity contribution in [1.82, 2.24) is 4.90 Å². The van der Waals surface area contributed by atoms with E-state index in [1.807, 2.05) is 0 Å². The Bertz CT molecular complexity index is 355. The van der Waals surface area contributed by atoms with Gasteiger partial charge >= 0.3 is 0 Å². The largest absolute Gasteiger partial charge is 0.327 e. The van der Waals surface area contributed by atoms with E-state index in [0.29, 0.717) is 35.5 Å². The molecule has 0 saturated carbocycles. The highest BCUT2D eigenvalue weighted by Gasteiger charge is 2.36. The van der Waals surface area contributed by atoms with Crippen molar-refractivity contribution < 1.29 is 8.42 Å². The van der Waals surface area contributed by atoms with Crippen molar-refractivity contribution in [2.45, 2.75) is 51.2 Å². The summed E-state index contributed by atoms with van der Waals surface area (Å²) in [5.41, 5.74) is 6.08. The van der Waals surface area contributed by atoms with Crippen LogP contribution >= 0.6 is 0 Å². The van der Waals surface area contributed by atoms with E-state index in [2.05, 4.69) is 18.7 Å². The van der Waals surface area contributed by atoms with Crippen LogP contribution in [0.5, 0.6) is 0 Å². The highest BCUT2D eigenvalue weighted by molar-refractivity contribution is 7.91. The molecular formula is C12H24N2O2S. The molecule has 0 spiro atoms. The Morgan fingerprint density at radius 2 is 1.71 bits per heavy atom. The second-order valence-corrected chi connectivity index (χ2v) is 7.98. The quantitative estimate of drug-likeness (QED) is 0.751. The predicted octanol–water partition coefficient (Wildman–Crippen LogP) is 0.621. The first-order chi connectivity index (χ1) is 7.91. The minimum atomic E-state index is -2.75. The average molecular weight is 260 g/mol. The number of nitrogens with two attached hydrogens (primary N) is 1. The summed E-state index contributed by atoms with van der Waals surface area (Å²) in [6.07, 6.45) is 2.64.